The normalized spacial score (nSPS) is 17.3. The predicted octanol–water partition coefficient (Wildman–Crippen LogP) is 1.85. The van der Waals surface area contributed by atoms with Gasteiger partial charge in [-0.25, -0.2) is 4.98 Å². The van der Waals surface area contributed by atoms with Gasteiger partial charge in [0.05, 0.1) is 0 Å². The first-order valence-corrected chi connectivity index (χ1v) is 9.94. The Hall–Kier alpha value is -2.31. The number of rotatable bonds is 7. The van der Waals surface area contributed by atoms with Gasteiger partial charge in [-0.1, -0.05) is 19.9 Å². The molecule has 1 aromatic heterocycles. The predicted molar refractivity (Wildman–Crippen MR) is 111 cm³/mol. The number of hydrogen-bond donors (Lipinski definition) is 2. The number of aromatic nitrogens is 1. The van der Waals surface area contributed by atoms with Crippen molar-refractivity contribution in [3.8, 4) is 0 Å². The minimum Gasteiger partial charge on any atom is -0.357 e. The van der Waals surface area contributed by atoms with Crippen LogP contribution in [0.5, 0.6) is 0 Å². The fourth-order valence-corrected chi connectivity index (χ4v) is 3.27. The first kappa shape index (κ1) is 21.0. The van der Waals surface area contributed by atoms with Gasteiger partial charge in [-0.05, 0) is 31.9 Å². The van der Waals surface area contributed by atoms with E-state index < -0.39 is 0 Å². The first-order valence-electron chi connectivity index (χ1n) is 9.94. The molecule has 7 heteroatoms. The van der Waals surface area contributed by atoms with Crippen LogP contribution in [0.4, 0.5) is 5.82 Å². The van der Waals surface area contributed by atoms with E-state index in [4.69, 9.17) is 0 Å². The number of pyridine rings is 1. The molecule has 0 saturated carbocycles. The van der Waals surface area contributed by atoms with E-state index in [9.17, 15) is 4.79 Å². The van der Waals surface area contributed by atoms with E-state index in [-0.39, 0.29) is 17.9 Å². The van der Waals surface area contributed by atoms with Crippen molar-refractivity contribution in [2.24, 2.45) is 10.9 Å². The van der Waals surface area contributed by atoms with Crippen LogP contribution in [-0.4, -0.2) is 61.0 Å². The number of guanidine groups is 1. The summed E-state index contributed by atoms with van der Waals surface area (Å²) in [7, 11) is 1.77. The summed E-state index contributed by atoms with van der Waals surface area (Å²) in [6, 6.07) is 4.40. The molecular formula is C20H34N6O. The van der Waals surface area contributed by atoms with Gasteiger partial charge in [-0.3, -0.25) is 9.79 Å². The molecule has 1 unspecified atom stereocenters. The number of aliphatic imine (C=N–C) groups is 1. The van der Waals surface area contributed by atoms with Gasteiger partial charge in [0.2, 0.25) is 5.91 Å². The van der Waals surface area contributed by atoms with Crippen LogP contribution < -0.4 is 15.5 Å². The molecule has 0 aromatic carbocycles. The Morgan fingerprint density at radius 3 is 2.67 bits per heavy atom. The number of carbonyl (C=O) groups excluding carboxylic acids is 1. The van der Waals surface area contributed by atoms with Crippen molar-refractivity contribution in [2.75, 3.05) is 38.1 Å². The highest BCUT2D eigenvalue weighted by Gasteiger charge is 2.27. The van der Waals surface area contributed by atoms with E-state index in [1.807, 2.05) is 24.9 Å². The third kappa shape index (κ3) is 5.84. The first-order chi connectivity index (χ1) is 13.0. The third-order valence-electron chi connectivity index (χ3n) is 4.91. The van der Waals surface area contributed by atoms with Crippen LogP contribution in [0.25, 0.3) is 0 Å². The number of nitrogens with one attached hydrogen (secondary N) is 2. The Balaban J connectivity index is 1.83. The van der Waals surface area contributed by atoms with Gasteiger partial charge in [0.25, 0.3) is 0 Å². The highest BCUT2D eigenvalue weighted by Crippen LogP contribution is 2.13. The second-order valence-corrected chi connectivity index (χ2v) is 7.19. The molecule has 0 radical (unpaired) electrons. The van der Waals surface area contributed by atoms with E-state index in [1.165, 1.54) is 0 Å². The number of carbonyl (C=O) groups is 1. The molecule has 1 fully saturated rings. The molecule has 27 heavy (non-hydrogen) atoms. The van der Waals surface area contributed by atoms with Crippen molar-refractivity contribution >= 4 is 17.7 Å². The Labute approximate surface area is 163 Å². The van der Waals surface area contributed by atoms with Gasteiger partial charge in [-0.2, -0.15) is 0 Å². The summed E-state index contributed by atoms with van der Waals surface area (Å²) in [5, 5.41) is 6.76. The fourth-order valence-electron chi connectivity index (χ4n) is 3.27. The lowest BCUT2D eigenvalue weighted by atomic mass is 10.2. The number of amides is 1. The highest BCUT2D eigenvalue weighted by molar-refractivity contribution is 5.81. The van der Waals surface area contributed by atoms with E-state index >= 15 is 0 Å². The molecule has 1 amide bonds. The van der Waals surface area contributed by atoms with Gasteiger partial charge in [0, 0.05) is 57.9 Å². The molecule has 1 atom stereocenters. The summed E-state index contributed by atoms with van der Waals surface area (Å²) in [6.07, 6.45) is 2.85. The summed E-state index contributed by atoms with van der Waals surface area (Å²) in [6.45, 7) is 12.3. The molecular weight excluding hydrogens is 340 g/mol. The molecule has 1 aromatic rings. The van der Waals surface area contributed by atoms with Crippen molar-refractivity contribution in [1.29, 1.82) is 0 Å². The molecule has 1 aliphatic rings. The molecule has 150 valence electrons. The Bertz CT molecular complexity index is 624. The average Bonchev–Trinajstić information content (AvgIpc) is 3.14. The molecule has 7 nitrogen and oxygen atoms in total. The van der Waals surface area contributed by atoms with Crippen LogP contribution in [0, 0.1) is 5.92 Å². The van der Waals surface area contributed by atoms with E-state index in [0.29, 0.717) is 6.54 Å². The second-order valence-electron chi connectivity index (χ2n) is 7.19. The SMILES string of the molecule is CCN(CC)c1ccc(CNC(=NC)NC2CCN(C(=O)C(C)C)C2)cn1. The highest BCUT2D eigenvalue weighted by atomic mass is 16.2. The number of hydrogen-bond acceptors (Lipinski definition) is 4. The second kappa shape index (κ2) is 10.1. The largest absolute Gasteiger partial charge is 0.357 e. The van der Waals surface area contributed by atoms with Crippen molar-refractivity contribution in [3.63, 3.8) is 0 Å². The van der Waals surface area contributed by atoms with Gasteiger partial charge in [-0.15, -0.1) is 0 Å². The summed E-state index contributed by atoms with van der Waals surface area (Å²) in [4.78, 5) is 25.1. The average molecular weight is 375 g/mol. The fraction of sp³-hybridized carbons (Fsp3) is 0.650. The summed E-state index contributed by atoms with van der Waals surface area (Å²) in [5.74, 6) is 2.04. The maximum atomic E-state index is 12.1. The van der Waals surface area contributed by atoms with E-state index in [1.54, 1.807) is 7.05 Å². The molecule has 2 heterocycles. The summed E-state index contributed by atoms with van der Waals surface area (Å²) < 4.78 is 0. The molecule has 0 bridgehead atoms. The topological polar surface area (TPSA) is 72.9 Å². The minimum atomic E-state index is 0.0491. The van der Waals surface area contributed by atoms with Crippen molar-refractivity contribution < 1.29 is 4.79 Å². The summed E-state index contributed by atoms with van der Waals surface area (Å²) in [5.41, 5.74) is 1.11. The monoisotopic (exact) mass is 374 g/mol. The van der Waals surface area contributed by atoms with Gasteiger partial charge >= 0.3 is 0 Å². The number of nitrogens with zero attached hydrogens (tertiary/aromatic N) is 4. The van der Waals surface area contributed by atoms with Crippen LogP contribution in [0.3, 0.4) is 0 Å². The lowest BCUT2D eigenvalue weighted by molar-refractivity contribution is -0.133. The zero-order valence-electron chi connectivity index (χ0n) is 17.3. The smallest absolute Gasteiger partial charge is 0.225 e. The Morgan fingerprint density at radius 1 is 1.37 bits per heavy atom. The standard InChI is InChI=1S/C20H34N6O/c1-6-25(7-2)18-9-8-16(12-22-18)13-23-20(21-5)24-17-10-11-26(14-17)19(27)15(3)4/h8-9,12,15,17H,6-7,10-11,13-14H2,1-5H3,(H2,21,23,24). The molecule has 2 N–H and O–H groups in total. The molecule has 1 saturated heterocycles. The van der Waals surface area contributed by atoms with Crippen LogP contribution >= 0.6 is 0 Å². The van der Waals surface area contributed by atoms with Gasteiger partial charge in [0.1, 0.15) is 5.82 Å². The zero-order valence-corrected chi connectivity index (χ0v) is 17.3. The molecule has 0 spiro atoms. The lowest BCUT2D eigenvalue weighted by Crippen LogP contribution is -2.45. The van der Waals surface area contributed by atoms with Crippen molar-refractivity contribution in [2.45, 2.75) is 46.7 Å². The maximum absolute atomic E-state index is 12.1. The maximum Gasteiger partial charge on any atom is 0.225 e. The zero-order chi connectivity index (χ0) is 19.8. The molecule has 2 rings (SSSR count). The Morgan fingerprint density at radius 2 is 2.11 bits per heavy atom. The van der Waals surface area contributed by atoms with Crippen LogP contribution in [-0.2, 0) is 11.3 Å². The number of likely N-dealkylation sites (tertiary alicyclic amines) is 1. The lowest BCUT2D eigenvalue weighted by Gasteiger charge is -2.21. The van der Waals surface area contributed by atoms with E-state index in [2.05, 4.69) is 51.5 Å². The third-order valence-corrected chi connectivity index (χ3v) is 4.91. The summed E-state index contributed by atoms with van der Waals surface area (Å²) >= 11 is 0. The molecule has 1 aliphatic heterocycles. The van der Waals surface area contributed by atoms with Gasteiger partial charge < -0.3 is 20.4 Å². The van der Waals surface area contributed by atoms with E-state index in [0.717, 1.165) is 49.9 Å². The van der Waals surface area contributed by atoms with Crippen LogP contribution in [0.1, 0.15) is 39.7 Å². The number of anilines is 1. The molecule has 0 aliphatic carbocycles. The Kier molecular flexibility index (Phi) is 7.88. The van der Waals surface area contributed by atoms with Crippen molar-refractivity contribution in [3.05, 3.63) is 23.9 Å². The van der Waals surface area contributed by atoms with Gasteiger partial charge in [0.15, 0.2) is 5.96 Å². The van der Waals surface area contributed by atoms with Crippen LogP contribution in [0.15, 0.2) is 23.3 Å². The van der Waals surface area contributed by atoms with Crippen molar-refractivity contribution in [1.82, 2.24) is 20.5 Å². The minimum absolute atomic E-state index is 0.0491. The quantitative estimate of drug-likeness (QED) is 0.563. The van der Waals surface area contributed by atoms with Crippen LogP contribution in [0.2, 0.25) is 0 Å².